The molecule has 0 saturated heterocycles. The number of thiophene rings is 4. The Morgan fingerprint density at radius 1 is 0.667 bits per heavy atom. The molecule has 4 rings (SSSR count). The van der Waals surface area contributed by atoms with Crippen molar-refractivity contribution in [1.29, 1.82) is 0 Å². The van der Waals surface area contributed by atoms with Gasteiger partial charge < -0.3 is 0 Å². The van der Waals surface area contributed by atoms with Crippen LogP contribution in [0.5, 0.6) is 0 Å². The first kappa shape index (κ1) is 31.2. The number of aryl methyl sites for hydroxylation is 2. The highest BCUT2D eigenvalue weighted by Gasteiger charge is 2.30. The number of hydrogen-bond donors (Lipinski definition) is 0. The van der Waals surface area contributed by atoms with Gasteiger partial charge in [0.15, 0.2) is 0 Å². The minimum Gasteiger partial charge on any atom is -0.143 e. The topological polar surface area (TPSA) is 0 Å². The normalized spacial score (nSPS) is 12.5. The minimum absolute atomic E-state index is 0.000965. The second-order valence-electron chi connectivity index (χ2n) is 11.8. The van der Waals surface area contributed by atoms with Crippen LogP contribution in [0.3, 0.4) is 0 Å². The van der Waals surface area contributed by atoms with Crippen LogP contribution < -0.4 is 0 Å². The zero-order valence-corrected chi connectivity index (χ0v) is 29.5. The molecular weight excluding hydrogens is 617 g/mol. The molecule has 4 aromatic rings. The Labute approximate surface area is 262 Å². The zero-order chi connectivity index (χ0) is 28.0. The molecule has 0 aromatic carbocycles. The van der Waals surface area contributed by atoms with E-state index in [0.29, 0.717) is 0 Å². The first-order valence-corrected chi connectivity index (χ1v) is 18.9. The van der Waals surface area contributed by atoms with Crippen LogP contribution in [0.15, 0.2) is 41.8 Å². The molecule has 212 valence electrons. The van der Waals surface area contributed by atoms with E-state index in [1.54, 1.807) is 11.1 Å². The molecular formula is C34H45BrS4. The summed E-state index contributed by atoms with van der Waals surface area (Å²) in [6.07, 6.45) is 12.9. The summed E-state index contributed by atoms with van der Waals surface area (Å²) in [5.41, 5.74) is 3.11. The largest absolute Gasteiger partial charge is 0.143 e. The van der Waals surface area contributed by atoms with Crippen molar-refractivity contribution in [3.05, 3.63) is 67.5 Å². The van der Waals surface area contributed by atoms with Crippen LogP contribution in [0.25, 0.3) is 19.5 Å². The van der Waals surface area contributed by atoms with Crippen molar-refractivity contribution in [2.24, 2.45) is 0 Å². The molecule has 5 heteroatoms. The lowest BCUT2D eigenvalue weighted by molar-refractivity contribution is 0.660. The fourth-order valence-corrected chi connectivity index (χ4v) is 10.4. The quantitative estimate of drug-likeness (QED) is 0.0878. The summed E-state index contributed by atoms with van der Waals surface area (Å²) < 4.78 is 0.00577. The van der Waals surface area contributed by atoms with Crippen LogP contribution in [-0.2, 0) is 22.6 Å². The summed E-state index contributed by atoms with van der Waals surface area (Å²) in [6.45, 7) is 14.1. The van der Waals surface area contributed by atoms with Crippen LogP contribution >= 0.6 is 61.3 Å². The third-order valence-electron chi connectivity index (χ3n) is 7.58. The molecule has 0 saturated carbocycles. The van der Waals surface area contributed by atoms with Gasteiger partial charge in [-0.25, -0.2) is 0 Å². The summed E-state index contributed by atoms with van der Waals surface area (Å²) in [4.78, 5) is 10.2. The third kappa shape index (κ3) is 7.77. The number of hydrogen-bond acceptors (Lipinski definition) is 4. The van der Waals surface area contributed by atoms with Gasteiger partial charge in [-0.15, -0.1) is 45.3 Å². The molecule has 0 fully saturated rings. The zero-order valence-electron chi connectivity index (χ0n) is 24.6. The number of alkyl halides is 1. The maximum absolute atomic E-state index is 4.03. The van der Waals surface area contributed by atoms with Crippen LogP contribution in [0.4, 0.5) is 0 Å². The smallest absolute Gasteiger partial charge is 0.0546 e. The van der Waals surface area contributed by atoms with E-state index in [-0.39, 0.29) is 9.74 Å². The molecule has 0 nitrogen and oxygen atoms in total. The second kappa shape index (κ2) is 14.0. The SMILES string of the molecule is CCCCCCc1cc(C(C)(C)c2ccc(-c3cccs3)s2)sc1-c1cc(CCCCCC)c(C(C)(C)Br)s1. The monoisotopic (exact) mass is 660 g/mol. The molecule has 4 heterocycles. The first-order valence-electron chi connectivity index (χ1n) is 14.7. The van der Waals surface area contributed by atoms with Crippen molar-refractivity contribution < 1.29 is 0 Å². The third-order valence-corrected chi connectivity index (χ3v) is 13.9. The summed E-state index contributed by atoms with van der Waals surface area (Å²) in [5, 5.41) is 2.18. The number of halogens is 1. The molecule has 0 aliphatic rings. The second-order valence-corrected chi connectivity index (χ2v) is 17.9. The Balaban J connectivity index is 1.70. The molecule has 0 atom stereocenters. The Kier molecular flexibility index (Phi) is 11.2. The predicted molar refractivity (Wildman–Crippen MR) is 185 cm³/mol. The van der Waals surface area contributed by atoms with Gasteiger partial charge in [-0.3, -0.25) is 0 Å². The van der Waals surface area contributed by atoms with E-state index >= 15 is 0 Å². The van der Waals surface area contributed by atoms with Gasteiger partial charge in [-0.05, 0) is 86.4 Å². The van der Waals surface area contributed by atoms with Gasteiger partial charge in [0.2, 0.25) is 0 Å². The van der Waals surface area contributed by atoms with Gasteiger partial charge in [0.25, 0.3) is 0 Å². The average Bonchev–Trinajstić information content (AvgIpc) is 3.69. The molecule has 0 radical (unpaired) electrons. The van der Waals surface area contributed by atoms with E-state index < -0.39 is 0 Å². The van der Waals surface area contributed by atoms with Gasteiger partial charge >= 0.3 is 0 Å². The highest BCUT2D eigenvalue weighted by molar-refractivity contribution is 9.09. The molecule has 0 aliphatic carbocycles. The van der Waals surface area contributed by atoms with Crippen molar-refractivity contribution in [2.75, 3.05) is 0 Å². The van der Waals surface area contributed by atoms with Gasteiger partial charge in [0.05, 0.1) is 4.32 Å². The Morgan fingerprint density at radius 2 is 1.36 bits per heavy atom. The standard InChI is InChI=1S/C34H45BrS4/c1-7-9-11-13-16-24-23-30(33(3,4)29-20-19-27(37-29)26-18-15-21-36-26)39-31(24)28-22-25(17-14-12-10-8-2)32(38-28)34(5,6)35/h15,18-23H,7-14,16-17H2,1-6H3. The molecule has 0 N–H and O–H groups in total. The fourth-order valence-electron chi connectivity index (χ4n) is 5.19. The predicted octanol–water partition coefficient (Wildman–Crippen LogP) is 13.5. The molecule has 0 unspecified atom stereocenters. The van der Waals surface area contributed by atoms with Gasteiger partial charge in [0.1, 0.15) is 0 Å². The lowest BCUT2D eigenvalue weighted by Crippen LogP contribution is -2.15. The number of unbranched alkanes of at least 4 members (excludes halogenated alkanes) is 6. The molecule has 0 spiro atoms. The summed E-state index contributed by atoms with van der Waals surface area (Å²) in [7, 11) is 0. The minimum atomic E-state index is -0.000965. The van der Waals surface area contributed by atoms with Crippen LogP contribution in [0.2, 0.25) is 0 Å². The summed E-state index contributed by atoms with van der Waals surface area (Å²) >= 11 is 11.9. The van der Waals surface area contributed by atoms with E-state index in [2.05, 4.69) is 111 Å². The maximum Gasteiger partial charge on any atom is 0.0546 e. The highest BCUT2D eigenvalue weighted by Crippen LogP contribution is 2.49. The van der Waals surface area contributed by atoms with Crippen LogP contribution in [0, 0.1) is 0 Å². The van der Waals surface area contributed by atoms with E-state index in [0.717, 1.165) is 0 Å². The average molecular weight is 662 g/mol. The first-order chi connectivity index (χ1) is 18.6. The van der Waals surface area contributed by atoms with Crippen molar-refractivity contribution in [1.82, 2.24) is 0 Å². The Morgan fingerprint density at radius 3 is 1.97 bits per heavy atom. The van der Waals surface area contributed by atoms with Gasteiger partial charge in [0, 0.05) is 39.6 Å². The van der Waals surface area contributed by atoms with Crippen LogP contribution in [-0.4, -0.2) is 0 Å². The molecule has 39 heavy (non-hydrogen) atoms. The van der Waals surface area contributed by atoms with Crippen molar-refractivity contribution in [3.63, 3.8) is 0 Å². The fraction of sp³-hybridized carbons (Fsp3) is 0.529. The van der Waals surface area contributed by atoms with Gasteiger partial charge in [-0.2, -0.15) is 0 Å². The van der Waals surface area contributed by atoms with Crippen LogP contribution in [0.1, 0.15) is 119 Å². The lowest BCUT2D eigenvalue weighted by atomic mass is 9.89. The summed E-state index contributed by atoms with van der Waals surface area (Å²) in [5.74, 6) is 0. The Bertz CT molecular complexity index is 1290. The van der Waals surface area contributed by atoms with E-state index in [1.165, 1.54) is 98.3 Å². The molecule has 0 amide bonds. The van der Waals surface area contributed by atoms with E-state index in [9.17, 15) is 0 Å². The van der Waals surface area contributed by atoms with E-state index in [4.69, 9.17) is 0 Å². The van der Waals surface area contributed by atoms with E-state index in [1.807, 2.05) is 34.0 Å². The van der Waals surface area contributed by atoms with Crippen molar-refractivity contribution in [2.45, 2.75) is 115 Å². The Hall–Kier alpha value is -0.720. The maximum atomic E-state index is 4.03. The van der Waals surface area contributed by atoms with Crippen molar-refractivity contribution >= 4 is 61.3 Å². The lowest BCUT2D eigenvalue weighted by Gasteiger charge is -2.21. The van der Waals surface area contributed by atoms with Crippen molar-refractivity contribution in [3.8, 4) is 19.5 Å². The molecule has 0 aliphatic heterocycles. The molecule has 0 bridgehead atoms. The highest BCUT2D eigenvalue weighted by atomic mass is 79.9. The number of rotatable bonds is 15. The van der Waals surface area contributed by atoms with Gasteiger partial charge in [-0.1, -0.05) is 88.2 Å². The molecule has 4 aromatic heterocycles. The summed E-state index contributed by atoms with van der Waals surface area (Å²) in [6, 6.07) is 14.2.